The molecule has 0 spiro atoms. The van der Waals surface area contributed by atoms with E-state index in [0.717, 1.165) is 42.9 Å². The molecule has 19 heavy (non-hydrogen) atoms. The zero-order chi connectivity index (χ0) is 14.0. The predicted octanol–water partition coefficient (Wildman–Crippen LogP) is 2.54. The molecular weight excluding hydrogens is 240 g/mol. The third-order valence-electron chi connectivity index (χ3n) is 4.27. The molecule has 0 radical (unpaired) electrons. The monoisotopic (exact) mass is 264 g/mol. The quantitative estimate of drug-likeness (QED) is 0.878. The lowest BCUT2D eigenvalue weighted by Crippen LogP contribution is -2.39. The van der Waals surface area contributed by atoms with E-state index in [4.69, 9.17) is 0 Å². The number of carbonyl (C=O) groups is 1. The summed E-state index contributed by atoms with van der Waals surface area (Å²) in [6.07, 6.45) is 3.59. The molecule has 5 nitrogen and oxygen atoms in total. The smallest absolute Gasteiger partial charge is 0.232 e. The number of aromatic nitrogens is 2. The molecule has 0 fully saturated rings. The minimum atomic E-state index is -0.317. The maximum atomic E-state index is 12.5. The average Bonchev–Trinajstić information content (AvgIpc) is 2.60. The molecule has 1 aliphatic rings. The van der Waals surface area contributed by atoms with Gasteiger partial charge in [-0.15, -0.1) is 0 Å². The van der Waals surface area contributed by atoms with Crippen molar-refractivity contribution in [1.82, 2.24) is 9.78 Å². The highest BCUT2D eigenvalue weighted by atomic mass is 16.2. The molecule has 2 rings (SSSR count). The molecule has 1 aromatic rings. The fraction of sp³-hybridized carbons (Fsp3) is 0.714. The van der Waals surface area contributed by atoms with E-state index in [0.29, 0.717) is 6.54 Å². The number of carbonyl (C=O) groups excluding carboxylic acids is 1. The van der Waals surface area contributed by atoms with Gasteiger partial charge in [0.25, 0.3) is 0 Å². The van der Waals surface area contributed by atoms with E-state index in [1.54, 1.807) is 0 Å². The number of amides is 1. The molecule has 0 aliphatic carbocycles. The summed E-state index contributed by atoms with van der Waals surface area (Å²) < 4.78 is 1.84. The maximum absolute atomic E-state index is 12.5. The summed E-state index contributed by atoms with van der Waals surface area (Å²) in [4.78, 5) is 12.5. The van der Waals surface area contributed by atoms with Gasteiger partial charge in [0.05, 0.1) is 11.1 Å². The second-order valence-corrected chi connectivity index (χ2v) is 5.34. The topological polar surface area (TPSA) is 59.0 Å². The van der Waals surface area contributed by atoms with E-state index in [9.17, 15) is 4.79 Å². The number of hydrogen-bond donors (Lipinski definition) is 2. The lowest BCUT2D eigenvalue weighted by molar-refractivity contribution is -0.125. The van der Waals surface area contributed by atoms with Gasteiger partial charge in [-0.3, -0.25) is 9.48 Å². The first-order chi connectivity index (χ1) is 9.07. The molecule has 0 bridgehead atoms. The van der Waals surface area contributed by atoms with Crippen molar-refractivity contribution < 1.29 is 4.79 Å². The van der Waals surface area contributed by atoms with Gasteiger partial charge in [-0.1, -0.05) is 27.2 Å². The number of anilines is 2. The van der Waals surface area contributed by atoms with Crippen LogP contribution < -0.4 is 10.6 Å². The van der Waals surface area contributed by atoms with Crippen molar-refractivity contribution in [3.05, 3.63) is 5.69 Å². The summed E-state index contributed by atoms with van der Waals surface area (Å²) in [6, 6.07) is 0. The third-order valence-corrected chi connectivity index (χ3v) is 4.27. The van der Waals surface area contributed by atoms with Crippen LogP contribution >= 0.6 is 0 Å². The van der Waals surface area contributed by atoms with E-state index in [1.807, 2.05) is 11.7 Å². The Labute approximate surface area is 114 Å². The maximum Gasteiger partial charge on any atom is 0.232 e. The Hall–Kier alpha value is -1.52. The molecule has 1 amide bonds. The van der Waals surface area contributed by atoms with Gasteiger partial charge in [0.2, 0.25) is 5.91 Å². The van der Waals surface area contributed by atoms with Crippen molar-refractivity contribution in [3.8, 4) is 0 Å². The van der Waals surface area contributed by atoms with Crippen molar-refractivity contribution >= 4 is 17.4 Å². The normalized spacial score (nSPS) is 17.4. The highest BCUT2D eigenvalue weighted by Crippen LogP contribution is 2.36. The third kappa shape index (κ3) is 2.22. The first-order valence-electron chi connectivity index (χ1n) is 7.19. The molecule has 0 saturated carbocycles. The predicted molar refractivity (Wildman–Crippen MR) is 77.3 cm³/mol. The number of fused-ring (bicyclic) bond motifs is 1. The van der Waals surface area contributed by atoms with Gasteiger partial charge in [-0.25, -0.2) is 0 Å². The number of nitrogens with zero attached hydrogens (tertiary/aromatic N) is 2. The number of rotatable bonds is 4. The molecule has 1 aromatic heterocycles. The van der Waals surface area contributed by atoms with Crippen LogP contribution in [-0.2, 0) is 18.3 Å². The summed E-state index contributed by atoms with van der Waals surface area (Å²) in [7, 11) is 1.92. The summed E-state index contributed by atoms with van der Waals surface area (Å²) in [5.74, 6) is 1.05. The van der Waals surface area contributed by atoms with Crippen LogP contribution in [0.25, 0.3) is 0 Å². The van der Waals surface area contributed by atoms with Gasteiger partial charge in [-0.05, 0) is 19.3 Å². The number of hydrogen-bond acceptors (Lipinski definition) is 3. The fourth-order valence-corrected chi connectivity index (χ4v) is 2.73. The lowest BCUT2D eigenvalue weighted by Gasteiger charge is -2.28. The summed E-state index contributed by atoms with van der Waals surface area (Å²) >= 11 is 0. The summed E-state index contributed by atoms with van der Waals surface area (Å²) in [5.41, 5.74) is 1.53. The standard InChI is InChI=1S/C14H24N4O/c1-5-8-10-11-12(18(4)17-10)15-9-14(6-2,7-3)13(19)16-11/h15H,5-9H2,1-4H3,(H,16,19). The Kier molecular flexibility index (Phi) is 3.83. The summed E-state index contributed by atoms with van der Waals surface area (Å²) in [5, 5.41) is 11.0. The molecule has 1 aliphatic heterocycles. The van der Waals surface area contributed by atoms with Gasteiger partial charge in [-0.2, -0.15) is 5.10 Å². The first-order valence-corrected chi connectivity index (χ1v) is 7.19. The Morgan fingerprint density at radius 1 is 1.32 bits per heavy atom. The molecule has 0 saturated heterocycles. The van der Waals surface area contributed by atoms with Crippen LogP contribution in [-0.4, -0.2) is 22.2 Å². The number of nitrogens with one attached hydrogen (secondary N) is 2. The van der Waals surface area contributed by atoms with Crippen molar-refractivity contribution in [2.75, 3.05) is 17.2 Å². The van der Waals surface area contributed by atoms with Crippen LogP contribution in [0.5, 0.6) is 0 Å². The first kappa shape index (κ1) is 13.9. The zero-order valence-corrected chi connectivity index (χ0v) is 12.3. The lowest BCUT2D eigenvalue weighted by atomic mass is 9.81. The van der Waals surface area contributed by atoms with E-state index < -0.39 is 0 Å². The molecule has 2 heterocycles. The average molecular weight is 264 g/mol. The largest absolute Gasteiger partial charge is 0.367 e. The van der Waals surface area contributed by atoms with Crippen molar-refractivity contribution in [2.24, 2.45) is 12.5 Å². The van der Waals surface area contributed by atoms with Gasteiger partial charge < -0.3 is 10.6 Å². The number of aryl methyl sites for hydroxylation is 2. The Balaban J connectivity index is 2.39. The molecule has 2 N–H and O–H groups in total. The molecule has 106 valence electrons. The van der Waals surface area contributed by atoms with Crippen molar-refractivity contribution in [2.45, 2.75) is 46.5 Å². The van der Waals surface area contributed by atoms with Gasteiger partial charge in [0.15, 0.2) is 0 Å². The second-order valence-electron chi connectivity index (χ2n) is 5.34. The Morgan fingerprint density at radius 3 is 2.58 bits per heavy atom. The zero-order valence-electron chi connectivity index (χ0n) is 12.3. The van der Waals surface area contributed by atoms with Gasteiger partial charge in [0, 0.05) is 13.6 Å². The van der Waals surface area contributed by atoms with E-state index in [2.05, 4.69) is 36.5 Å². The van der Waals surface area contributed by atoms with Gasteiger partial charge in [0.1, 0.15) is 11.5 Å². The van der Waals surface area contributed by atoms with E-state index in [1.165, 1.54) is 0 Å². The van der Waals surface area contributed by atoms with Crippen LogP contribution in [0.4, 0.5) is 11.5 Å². The second kappa shape index (κ2) is 5.23. The molecular formula is C14H24N4O. The highest BCUT2D eigenvalue weighted by Gasteiger charge is 2.38. The highest BCUT2D eigenvalue weighted by molar-refractivity contribution is 6.00. The van der Waals surface area contributed by atoms with E-state index >= 15 is 0 Å². The molecule has 0 atom stereocenters. The van der Waals surface area contributed by atoms with Crippen LogP contribution in [0.15, 0.2) is 0 Å². The SMILES string of the molecule is CCCc1nn(C)c2c1NC(=O)C(CC)(CC)CN2. The van der Waals surface area contributed by atoms with Crippen LogP contribution in [0.1, 0.15) is 45.7 Å². The van der Waals surface area contributed by atoms with Crippen LogP contribution in [0.2, 0.25) is 0 Å². The molecule has 0 aromatic carbocycles. The van der Waals surface area contributed by atoms with Gasteiger partial charge >= 0.3 is 0 Å². The van der Waals surface area contributed by atoms with Crippen LogP contribution in [0, 0.1) is 5.41 Å². The van der Waals surface area contributed by atoms with Crippen LogP contribution in [0.3, 0.4) is 0 Å². The Morgan fingerprint density at radius 2 is 2.00 bits per heavy atom. The van der Waals surface area contributed by atoms with Crippen molar-refractivity contribution in [1.29, 1.82) is 0 Å². The molecule has 5 heteroatoms. The molecule has 0 unspecified atom stereocenters. The minimum Gasteiger partial charge on any atom is -0.367 e. The minimum absolute atomic E-state index is 0.120. The fourth-order valence-electron chi connectivity index (χ4n) is 2.73. The summed E-state index contributed by atoms with van der Waals surface area (Å²) in [6.45, 7) is 6.94. The van der Waals surface area contributed by atoms with Crippen molar-refractivity contribution in [3.63, 3.8) is 0 Å². The van der Waals surface area contributed by atoms with E-state index in [-0.39, 0.29) is 11.3 Å². The Bertz CT molecular complexity index is 474.